The fraction of sp³-hybridized carbons (Fsp3) is 0.167. The Morgan fingerprint density at radius 2 is 1.25 bits per heavy atom. The Bertz CT molecular complexity index is 2490. The summed E-state index contributed by atoms with van der Waals surface area (Å²) in [5.41, 5.74) is 9.19. The molecule has 0 bridgehead atoms. The van der Waals surface area contributed by atoms with Crippen molar-refractivity contribution in [2.24, 2.45) is 0 Å². The maximum absolute atomic E-state index is 12.3. The van der Waals surface area contributed by atoms with Gasteiger partial charge in [-0.2, -0.15) is 0 Å². The molecule has 0 aliphatic rings. The number of nitrogens with zero attached hydrogens (tertiary/aromatic N) is 7. The van der Waals surface area contributed by atoms with Crippen LogP contribution in [-0.4, -0.2) is 47.8 Å². The molecule has 9 heteroatoms. The highest BCUT2D eigenvalue weighted by Crippen LogP contribution is 2.42. The molecule has 0 N–H and O–H groups in total. The number of imidazole rings is 1. The van der Waals surface area contributed by atoms with E-state index in [-0.39, 0.29) is 0 Å². The van der Waals surface area contributed by atoms with Crippen LogP contribution in [0.3, 0.4) is 0 Å². The summed E-state index contributed by atoms with van der Waals surface area (Å²) in [6.07, 6.45) is 4.98. The molecule has 0 amide bonds. The lowest BCUT2D eigenvalue weighted by Crippen LogP contribution is -2.39. The van der Waals surface area contributed by atoms with E-state index in [1.54, 1.807) is 12.1 Å². The molecule has 8 rings (SSSR count). The molecule has 0 aliphatic carbocycles. The molecular formula is C48H43N7O2. The van der Waals surface area contributed by atoms with E-state index in [4.69, 9.17) is 19.9 Å². The SMILES string of the molecule is CCCCc1nc(-c2cc(C(=O)OC)cc(C)n2)cn1Cc1ccc(-c2ccc(-c3nnnn3C(c3ccccc3)(c3ccccc3)c3ccccc3)cc2)cc1. The monoisotopic (exact) mass is 749 g/mol. The third-order valence-corrected chi connectivity index (χ3v) is 10.4. The molecule has 3 heterocycles. The lowest BCUT2D eigenvalue weighted by atomic mass is 9.77. The average Bonchev–Trinajstić information content (AvgIpc) is 3.92. The average molecular weight is 750 g/mol. The smallest absolute Gasteiger partial charge is 0.337 e. The number of hydrogen-bond donors (Lipinski definition) is 0. The number of esters is 1. The third-order valence-electron chi connectivity index (χ3n) is 10.4. The number of pyridine rings is 1. The van der Waals surface area contributed by atoms with Crippen LogP contribution in [0.15, 0.2) is 158 Å². The first-order valence-corrected chi connectivity index (χ1v) is 19.3. The van der Waals surface area contributed by atoms with Gasteiger partial charge in [0.15, 0.2) is 5.82 Å². The molecular weight excluding hydrogens is 707 g/mol. The molecule has 0 saturated carbocycles. The van der Waals surface area contributed by atoms with Gasteiger partial charge < -0.3 is 9.30 Å². The lowest BCUT2D eigenvalue weighted by Gasteiger charge is -2.36. The van der Waals surface area contributed by atoms with Crippen LogP contribution in [0.2, 0.25) is 0 Å². The first-order valence-electron chi connectivity index (χ1n) is 19.3. The number of unbranched alkanes of at least 4 members (excludes halogenated alkanes) is 1. The number of ether oxygens (including phenoxy) is 1. The summed E-state index contributed by atoms with van der Waals surface area (Å²) in [7, 11) is 1.39. The van der Waals surface area contributed by atoms with Crippen molar-refractivity contribution in [3.05, 3.63) is 197 Å². The van der Waals surface area contributed by atoms with Crippen molar-refractivity contribution in [2.75, 3.05) is 7.11 Å². The van der Waals surface area contributed by atoms with Crippen LogP contribution in [-0.2, 0) is 23.2 Å². The summed E-state index contributed by atoms with van der Waals surface area (Å²) in [5.74, 6) is 1.26. The van der Waals surface area contributed by atoms with Crippen molar-refractivity contribution in [3.63, 3.8) is 0 Å². The Labute approximate surface area is 332 Å². The largest absolute Gasteiger partial charge is 0.465 e. The topological polar surface area (TPSA) is 101 Å². The molecule has 0 aliphatic heterocycles. The van der Waals surface area contributed by atoms with Crippen LogP contribution in [0, 0.1) is 6.92 Å². The van der Waals surface area contributed by atoms with E-state index in [9.17, 15) is 4.79 Å². The Balaban J connectivity index is 1.09. The second-order valence-electron chi connectivity index (χ2n) is 14.1. The van der Waals surface area contributed by atoms with E-state index >= 15 is 0 Å². The van der Waals surface area contributed by atoms with Gasteiger partial charge in [-0.25, -0.2) is 14.5 Å². The maximum atomic E-state index is 12.3. The Kier molecular flexibility index (Phi) is 10.6. The molecule has 0 radical (unpaired) electrons. The molecule has 0 spiro atoms. The summed E-state index contributed by atoms with van der Waals surface area (Å²) in [6, 6.07) is 51.9. The van der Waals surface area contributed by atoms with Gasteiger partial charge in [0, 0.05) is 30.4 Å². The molecule has 0 fully saturated rings. The first kappa shape index (κ1) is 36.9. The summed E-state index contributed by atoms with van der Waals surface area (Å²) in [6.45, 7) is 4.71. The summed E-state index contributed by atoms with van der Waals surface area (Å²) in [5, 5.41) is 13.6. The number of hydrogen-bond acceptors (Lipinski definition) is 7. The van der Waals surface area contributed by atoms with E-state index in [1.807, 2.05) is 36.0 Å². The molecule has 5 aromatic carbocycles. The minimum atomic E-state index is -0.827. The first-order chi connectivity index (χ1) is 28.0. The molecule has 0 atom stereocenters. The zero-order valence-corrected chi connectivity index (χ0v) is 32.3. The number of rotatable bonds is 13. The summed E-state index contributed by atoms with van der Waals surface area (Å²) in [4.78, 5) is 22.0. The predicted octanol–water partition coefficient (Wildman–Crippen LogP) is 9.59. The van der Waals surface area contributed by atoms with Gasteiger partial charge >= 0.3 is 5.97 Å². The zero-order chi connectivity index (χ0) is 39.2. The quantitative estimate of drug-likeness (QED) is 0.0855. The predicted molar refractivity (Wildman–Crippen MR) is 223 cm³/mol. The van der Waals surface area contributed by atoms with Crippen LogP contribution in [0.4, 0.5) is 0 Å². The van der Waals surface area contributed by atoms with Crippen LogP contribution < -0.4 is 0 Å². The highest BCUT2D eigenvalue weighted by molar-refractivity contribution is 5.90. The second kappa shape index (κ2) is 16.4. The molecule has 0 unspecified atom stereocenters. The van der Waals surface area contributed by atoms with Crippen LogP contribution in [0.25, 0.3) is 33.9 Å². The normalized spacial score (nSPS) is 11.4. The number of aromatic nitrogens is 7. The van der Waals surface area contributed by atoms with Gasteiger partial charge in [-0.1, -0.05) is 153 Å². The Hall–Kier alpha value is -7.00. The summed E-state index contributed by atoms with van der Waals surface area (Å²) >= 11 is 0. The van der Waals surface area contributed by atoms with Gasteiger partial charge in [0.2, 0.25) is 0 Å². The number of benzene rings is 5. The standard InChI is InChI=1S/C48H43N7O2/c1-4-5-21-45-50-44(43-31-39(47(56)57-3)30-34(2)49-43)33-54(45)32-35-22-24-36(25-23-35)37-26-28-38(29-27-37)46-51-52-53-55(46)48(40-15-9-6-10-16-40,41-17-11-7-12-18-41)42-19-13-8-14-20-42/h6-20,22-31,33H,4-5,21,32H2,1-3H3. The number of carbonyl (C=O) groups excluding carboxylic acids is 1. The lowest BCUT2D eigenvalue weighted by molar-refractivity contribution is 0.0600. The van der Waals surface area contributed by atoms with Gasteiger partial charge in [0.1, 0.15) is 17.1 Å². The molecule has 8 aromatic rings. The van der Waals surface area contributed by atoms with E-state index < -0.39 is 11.5 Å². The van der Waals surface area contributed by atoms with Crippen molar-refractivity contribution < 1.29 is 9.53 Å². The van der Waals surface area contributed by atoms with Gasteiger partial charge in [0.05, 0.1) is 18.4 Å². The molecule has 282 valence electrons. The van der Waals surface area contributed by atoms with Crippen molar-refractivity contribution in [3.8, 4) is 33.9 Å². The van der Waals surface area contributed by atoms with E-state index in [0.29, 0.717) is 23.6 Å². The van der Waals surface area contributed by atoms with Gasteiger partial charge in [0.25, 0.3) is 0 Å². The fourth-order valence-electron chi connectivity index (χ4n) is 7.59. The zero-order valence-electron chi connectivity index (χ0n) is 32.3. The van der Waals surface area contributed by atoms with E-state index in [2.05, 4.69) is 143 Å². The van der Waals surface area contributed by atoms with Crippen molar-refractivity contribution in [1.82, 2.24) is 34.7 Å². The van der Waals surface area contributed by atoms with Gasteiger partial charge in [-0.3, -0.25) is 4.98 Å². The van der Waals surface area contributed by atoms with Crippen molar-refractivity contribution in [1.29, 1.82) is 0 Å². The minimum absolute atomic E-state index is 0.390. The number of carbonyl (C=O) groups is 1. The van der Waals surface area contributed by atoms with Crippen LogP contribution >= 0.6 is 0 Å². The van der Waals surface area contributed by atoms with E-state index in [0.717, 1.165) is 75.4 Å². The van der Waals surface area contributed by atoms with Crippen molar-refractivity contribution >= 4 is 5.97 Å². The number of methoxy groups -OCH3 is 1. The molecule has 57 heavy (non-hydrogen) atoms. The van der Waals surface area contributed by atoms with Crippen LogP contribution in [0.5, 0.6) is 0 Å². The molecule has 3 aromatic heterocycles. The number of aryl methyl sites for hydroxylation is 2. The highest BCUT2D eigenvalue weighted by atomic mass is 16.5. The van der Waals surface area contributed by atoms with Crippen molar-refractivity contribution in [2.45, 2.75) is 45.2 Å². The fourth-order valence-corrected chi connectivity index (χ4v) is 7.59. The Morgan fingerprint density at radius 3 is 1.81 bits per heavy atom. The second-order valence-corrected chi connectivity index (χ2v) is 14.1. The minimum Gasteiger partial charge on any atom is -0.465 e. The maximum Gasteiger partial charge on any atom is 0.337 e. The molecule has 9 nitrogen and oxygen atoms in total. The van der Waals surface area contributed by atoms with Gasteiger partial charge in [-0.15, -0.1) is 5.10 Å². The number of tetrazole rings is 1. The van der Waals surface area contributed by atoms with Crippen LogP contribution in [0.1, 0.15) is 63.9 Å². The van der Waals surface area contributed by atoms with E-state index in [1.165, 1.54) is 7.11 Å². The van der Waals surface area contributed by atoms with Gasteiger partial charge in [-0.05, 0) is 69.3 Å². The summed E-state index contributed by atoms with van der Waals surface area (Å²) < 4.78 is 9.12. The Morgan fingerprint density at radius 1 is 0.684 bits per heavy atom. The highest BCUT2D eigenvalue weighted by Gasteiger charge is 2.41. The third kappa shape index (κ3) is 7.39. The molecule has 0 saturated heterocycles.